The largest absolute Gasteiger partial charge is 0.362 e. The van der Waals surface area contributed by atoms with Crippen LogP contribution < -0.4 is 10.2 Å². The molecule has 3 aliphatic rings. The summed E-state index contributed by atoms with van der Waals surface area (Å²) < 4.78 is 0. The Labute approximate surface area is 310 Å². The maximum atomic E-state index is 5.20. The summed E-state index contributed by atoms with van der Waals surface area (Å²) in [5.41, 5.74) is 11.0. The van der Waals surface area contributed by atoms with Gasteiger partial charge in [-0.2, -0.15) is 0 Å². The third kappa shape index (κ3) is 5.73. The average molecular weight is 683 g/mol. The molecule has 2 unspecified atom stereocenters. The molecule has 254 valence electrons. The van der Waals surface area contributed by atoms with Crippen molar-refractivity contribution in [2.24, 2.45) is 5.92 Å². The van der Waals surface area contributed by atoms with Crippen LogP contribution in [0.4, 0.5) is 11.4 Å². The molecule has 0 saturated carbocycles. The molecule has 0 bridgehead atoms. The Morgan fingerprint density at radius 1 is 0.585 bits per heavy atom. The third-order valence-electron chi connectivity index (χ3n) is 10.8. The summed E-state index contributed by atoms with van der Waals surface area (Å²) in [6.07, 6.45) is 19.3. The van der Waals surface area contributed by atoms with E-state index < -0.39 is 0 Å². The molecule has 10 rings (SSSR count). The van der Waals surface area contributed by atoms with E-state index in [2.05, 4.69) is 180 Å². The normalized spacial score (nSPS) is 17.6. The minimum absolute atomic E-state index is 0.134. The molecule has 0 amide bonds. The van der Waals surface area contributed by atoms with Gasteiger partial charge in [-0.15, -0.1) is 0 Å². The van der Waals surface area contributed by atoms with Gasteiger partial charge in [-0.3, -0.25) is 0 Å². The van der Waals surface area contributed by atoms with Gasteiger partial charge in [0.2, 0.25) is 0 Å². The summed E-state index contributed by atoms with van der Waals surface area (Å²) in [6, 6.07) is 47.5. The second-order valence-corrected chi connectivity index (χ2v) is 14.1. The Hall–Kier alpha value is -6.52. The number of rotatable bonds is 6. The van der Waals surface area contributed by atoms with Crippen LogP contribution >= 0.6 is 0 Å². The van der Waals surface area contributed by atoms with E-state index in [4.69, 9.17) is 9.97 Å². The van der Waals surface area contributed by atoms with Gasteiger partial charge in [0.05, 0.1) is 22.8 Å². The first-order valence-corrected chi connectivity index (χ1v) is 18.6. The Morgan fingerprint density at radius 3 is 2.00 bits per heavy atom. The van der Waals surface area contributed by atoms with Crippen molar-refractivity contribution >= 4 is 32.9 Å². The van der Waals surface area contributed by atoms with Crippen LogP contribution in [0.2, 0.25) is 0 Å². The van der Waals surface area contributed by atoms with Crippen molar-refractivity contribution < 1.29 is 0 Å². The van der Waals surface area contributed by atoms with Gasteiger partial charge in [-0.25, -0.2) is 9.97 Å². The number of fused-ring (bicyclic) bond motifs is 5. The SMILES string of the molecule is C1=CCC(C2Nc3c(ccc4ccc5cc(-c6nc(-c7ccccc7)cc(-c7ccc(-c8ccccc8)cc7)n6)ccc5c34)N2C2=CCCC=C2)C=C1. The lowest BCUT2D eigenvalue weighted by molar-refractivity contribution is 0.543. The molecule has 4 nitrogen and oxygen atoms in total. The van der Waals surface area contributed by atoms with Crippen LogP contribution in [0.15, 0.2) is 182 Å². The highest BCUT2D eigenvalue weighted by molar-refractivity contribution is 6.17. The van der Waals surface area contributed by atoms with E-state index in [1.165, 1.54) is 49.7 Å². The van der Waals surface area contributed by atoms with Crippen molar-refractivity contribution in [1.82, 2.24) is 9.97 Å². The van der Waals surface area contributed by atoms with Crippen molar-refractivity contribution in [3.05, 3.63) is 182 Å². The zero-order valence-corrected chi connectivity index (χ0v) is 29.4. The smallest absolute Gasteiger partial charge is 0.160 e. The molecule has 2 atom stereocenters. The maximum absolute atomic E-state index is 5.20. The van der Waals surface area contributed by atoms with E-state index in [1.54, 1.807) is 0 Å². The molecule has 1 N–H and O–H groups in total. The quantitative estimate of drug-likeness (QED) is 0.177. The molecular formula is C49H38N4. The van der Waals surface area contributed by atoms with E-state index >= 15 is 0 Å². The number of anilines is 2. The first-order valence-electron chi connectivity index (χ1n) is 18.6. The number of aromatic nitrogens is 2. The molecule has 0 fully saturated rings. The minimum atomic E-state index is 0.134. The molecular weight excluding hydrogens is 645 g/mol. The van der Waals surface area contributed by atoms with E-state index in [1.807, 2.05) is 6.07 Å². The van der Waals surface area contributed by atoms with Gasteiger partial charge >= 0.3 is 0 Å². The topological polar surface area (TPSA) is 41.1 Å². The first-order chi connectivity index (χ1) is 26.3. The molecule has 7 aromatic rings. The summed E-state index contributed by atoms with van der Waals surface area (Å²) in [7, 11) is 0. The van der Waals surface area contributed by atoms with Crippen molar-refractivity contribution in [3.8, 4) is 45.0 Å². The Bertz CT molecular complexity index is 2620. The van der Waals surface area contributed by atoms with Gasteiger partial charge in [-0.1, -0.05) is 152 Å². The minimum Gasteiger partial charge on any atom is -0.362 e. The fourth-order valence-corrected chi connectivity index (χ4v) is 8.15. The van der Waals surface area contributed by atoms with Crippen molar-refractivity contribution in [1.29, 1.82) is 0 Å². The summed E-state index contributed by atoms with van der Waals surface area (Å²) in [6.45, 7) is 0. The van der Waals surface area contributed by atoms with Gasteiger partial charge in [0.25, 0.3) is 0 Å². The maximum Gasteiger partial charge on any atom is 0.160 e. The van der Waals surface area contributed by atoms with Gasteiger partial charge < -0.3 is 10.2 Å². The standard InChI is InChI=1S/C49H38N4/c1-5-13-33(14-6-1)34-21-23-36(24-22-34)44-32-43(35-15-7-2-8-16-35)50-48(51-44)40-27-29-42-39(31-40)26-25-37-28-30-45-47(46(37)42)52-49(38-17-9-3-10-18-38)53(45)41-19-11-4-12-20-41/h1-3,5-11,13-17,19-32,38,49,52H,4,12,18H2. The number of nitrogens with one attached hydrogen (secondary N) is 1. The molecule has 0 saturated heterocycles. The van der Waals surface area contributed by atoms with Crippen LogP contribution in [-0.2, 0) is 0 Å². The van der Waals surface area contributed by atoms with Crippen LogP contribution in [0.1, 0.15) is 19.3 Å². The van der Waals surface area contributed by atoms with Gasteiger partial charge in [0.1, 0.15) is 6.17 Å². The molecule has 2 heterocycles. The Kier molecular flexibility index (Phi) is 7.79. The van der Waals surface area contributed by atoms with Crippen LogP contribution in [-0.4, -0.2) is 16.1 Å². The van der Waals surface area contributed by atoms with E-state index in [0.717, 1.165) is 47.3 Å². The van der Waals surface area contributed by atoms with E-state index in [9.17, 15) is 0 Å². The molecule has 2 aliphatic carbocycles. The van der Waals surface area contributed by atoms with Gasteiger partial charge in [-0.05, 0) is 70.8 Å². The lowest BCUT2D eigenvalue weighted by Gasteiger charge is -2.33. The van der Waals surface area contributed by atoms with Crippen molar-refractivity contribution in [3.63, 3.8) is 0 Å². The number of nitrogens with zero attached hydrogens (tertiary/aromatic N) is 3. The van der Waals surface area contributed by atoms with Crippen molar-refractivity contribution in [2.75, 3.05) is 10.2 Å². The molecule has 1 aromatic heterocycles. The summed E-state index contributed by atoms with van der Waals surface area (Å²) in [4.78, 5) is 12.9. The number of allylic oxidation sites excluding steroid dienone is 6. The van der Waals surface area contributed by atoms with Gasteiger partial charge in [0, 0.05) is 33.7 Å². The van der Waals surface area contributed by atoms with Crippen LogP contribution in [0.5, 0.6) is 0 Å². The van der Waals surface area contributed by atoms with E-state index in [0.29, 0.717) is 11.7 Å². The second kappa shape index (κ2) is 13.2. The summed E-state index contributed by atoms with van der Waals surface area (Å²) >= 11 is 0. The van der Waals surface area contributed by atoms with E-state index in [-0.39, 0.29) is 6.17 Å². The molecule has 0 spiro atoms. The highest BCUT2D eigenvalue weighted by atomic mass is 15.3. The van der Waals surface area contributed by atoms with Crippen LogP contribution in [0.25, 0.3) is 66.6 Å². The lowest BCUT2D eigenvalue weighted by atomic mass is 9.96. The Balaban J connectivity index is 1.08. The fourth-order valence-electron chi connectivity index (χ4n) is 8.15. The Morgan fingerprint density at radius 2 is 1.26 bits per heavy atom. The third-order valence-corrected chi connectivity index (χ3v) is 10.8. The van der Waals surface area contributed by atoms with Gasteiger partial charge in [0.15, 0.2) is 5.82 Å². The monoisotopic (exact) mass is 682 g/mol. The first kappa shape index (κ1) is 31.2. The number of hydrogen-bond acceptors (Lipinski definition) is 4. The predicted octanol–water partition coefficient (Wildman–Crippen LogP) is 12.4. The number of benzene rings is 6. The fraction of sp³-hybridized carbons (Fsp3) is 0.102. The molecule has 1 aliphatic heterocycles. The molecule has 53 heavy (non-hydrogen) atoms. The van der Waals surface area contributed by atoms with Crippen molar-refractivity contribution in [2.45, 2.75) is 25.4 Å². The highest BCUT2D eigenvalue weighted by Crippen LogP contribution is 2.47. The van der Waals surface area contributed by atoms with Crippen LogP contribution in [0, 0.1) is 5.92 Å². The molecule has 6 aromatic carbocycles. The molecule has 0 radical (unpaired) electrons. The predicted molar refractivity (Wildman–Crippen MR) is 222 cm³/mol. The summed E-state index contributed by atoms with van der Waals surface area (Å²) in [5, 5.41) is 8.92. The summed E-state index contributed by atoms with van der Waals surface area (Å²) in [5.74, 6) is 1.07. The van der Waals surface area contributed by atoms with Crippen LogP contribution in [0.3, 0.4) is 0 Å². The zero-order valence-electron chi connectivity index (χ0n) is 29.4. The zero-order chi connectivity index (χ0) is 35.1. The molecule has 4 heteroatoms. The highest BCUT2D eigenvalue weighted by Gasteiger charge is 2.36. The second-order valence-electron chi connectivity index (χ2n) is 14.1. The average Bonchev–Trinajstić information content (AvgIpc) is 3.64. The number of hydrogen-bond donors (Lipinski definition) is 1. The lowest BCUT2D eigenvalue weighted by Crippen LogP contribution is -2.40.